The molecule has 34 heavy (non-hydrogen) atoms. The highest BCUT2D eigenvalue weighted by Crippen LogP contribution is 2.33. The van der Waals surface area contributed by atoms with E-state index in [-0.39, 0.29) is 23.0 Å². The highest BCUT2D eigenvalue weighted by atomic mass is 35.5. The quantitative estimate of drug-likeness (QED) is 0.420. The standard InChI is InChI=1S/C24H29ClN4O4S/c1-14-10-19(27-11-16-8-9-26-12-20(16)33-15(2)13-31-3)21(23(30)28-14)24(34)29-18-7-5-6-17(25)22(18)32-4/h5-9,12,14-15,27H,10-11,13H2,1-4H3,(H,28,30)(H,29,34)/t14-,15?/m1/s1. The Morgan fingerprint density at radius 3 is 2.88 bits per heavy atom. The Morgan fingerprint density at radius 2 is 2.15 bits per heavy atom. The molecule has 2 atom stereocenters. The summed E-state index contributed by atoms with van der Waals surface area (Å²) < 4.78 is 16.5. The fraction of sp³-hybridized carbons (Fsp3) is 0.375. The van der Waals surface area contributed by atoms with Gasteiger partial charge in [-0.15, -0.1) is 0 Å². The molecule has 1 amide bonds. The molecule has 3 N–H and O–H groups in total. The number of methoxy groups -OCH3 is 2. The molecule has 1 aromatic carbocycles. The van der Waals surface area contributed by atoms with E-state index >= 15 is 0 Å². The van der Waals surface area contributed by atoms with Gasteiger partial charge in [-0.2, -0.15) is 0 Å². The van der Waals surface area contributed by atoms with Gasteiger partial charge in [-0.25, -0.2) is 0 Å². The zero-order valence-corrected chi connectivity index (χ0v) is 21.2. The second-order valence-corrected chi connectivity index (χ2v) is 8.74. The third kappa shape index (κ3) is 6.37. The van der Waals surface area contributed by atoms with Crippen molar-refractivity contribution in [3.8, 4) is 11.5 Å². The van der Waals surface area contributed by atoms with E-state index in [4.69, 9.17) is 38.0 Å². The molecule has 1 aliphatic heterocycles. The predicted octanol–water partition coefficient (Wildman–Crippen LogP) is 3.85. The molecule has 0 aliphatic carbocycles. The number of thiocarbonyl (C=S) groups is 1. The normalized spacial score (nSPS) is 16.5. The number of rotatable bonds is 10. The molecule has 8 nitrogen and oxygen atoms in total. The van der Waals surface area contributed by atoms with Crippen molar-refractivity contribution >= 4 is 40.4 Å². The van der Waals surface area contributed by atoms with Crippen molar-refractivity contribution in [2.24, 2.45) is 0 Å². The molecule has 0 saturated carbocycles. The smallest absolute Gasteiger partial charge is 0.256 e. The number of nitrogens with zero attached hydrogens (tertiary/aromatic N) is 1. The number of carbonyl (C=O) groups excluding carboxylic acids is 1. The van der Waals surface area contributed by atoms with E-state index in [0.717, 1.165) is 11.3 Å². The summed E-state index contributed by atoms with van der Waals surface area (Å²) in [6.45, 7) is 4.76. The highest BCUT2D eigenvalue weighted by molar-refractivity contribution is 7.81. The van der Waals surface area contributed by atoms with Gasteiger partial charge >= 0.3 is 0 Å². The maximum Gasteiger partial charge on any atom is 0.256 e. The van der Waals surface area contributed by atoms with E-state index in [1.807, 2.05) is 19.9 Å². The summed E-state index contributed by atoms with van der Waals surface area (Å²) in [5, 5.41) is 9.90. The number of aromatic nitrogens is 1. The molecule has 1 aliphatic rings. The number of ether oxygens (including phenoxy) is 3. The lowest BCUT2D eigenvalue weighted by molar-refractivity contribution is -0.118. The Hall–Kier alpha value is -2.88. The van der Waals surface area contributed by atoms with Gasteiger partial charge in [-0.05, 0) is 32.0 Å². The van der Waals surface area contributed by atoms with E-state index < -0.39 is 0 Å². The van der Waals surface area contributed by atoms with E-state index in [1.54, 1.807) is 37.7 Å². The van der Waals surface area contributed by atoms with Gasteiger partial charge < -0.3 is 30.2 Å². The van der Waals surface area contributed by atoms with Gasteiger partial charge in [0.05, 0.1) is 36.2 Å². The fourth-order valence-electron chi connectivity index (χ4n) is 3.64. The van der Waals surface area contributed by atoms with Gasteiger partial charge in [0.2, 0.25) is 0 Å². The monoisotopic (exact) mass is 504 g/mol. The summed E-state index contributed by atoms with van der Waals surface area (Å²) >= 11 is 11.9. The first-order valence-corrected chi connectivity index (χ1v) is 11.6. The first kappa shape index (κ1) is 25.7. The molecule has 10 heteroatoms. The van der Waals surface area contributed by atoms with Gasteiger partial charge in [0.1, 0.15) is 16.8 Å². The van der Waals surface area contributed by atoms with Crippen LogP contribution in [0.3, 0.4) is 0 Å². The minimum atomic E-state index is -0.250. The van der Waals surface area contributed by atoms with Crippen LogP contribution in [-0.4, -0.2) is 48.9 Å². The van der Waals surface area contributed by atoms with Crippen LogP contribution in [0.15, 0.2) is 47.9 Å². The topological polar surface area (TPSA) is 93.7 Å². The van der Waals surface area contributed by atoms with Gasteiger partial charge in [0.15, 0.2) is 5.75 Å². The molecule has 0 radical (unpaired) electrons. The number of amides is 1. The summed E-state index contributed by atoms with van der Waals surface area (Å²) in [5.74, 6) is 0.856. The van der Waals surface area contributed by atoms with Crippen molar-refractivity contribution in [1.82, 2.24) is 15.6 Å². The van der Waals surface area contributed by atoms with Crippen LogP contribution in [0.5, 0.6) is 11.5 Å². The van der Waals surface area contributed by atoms with Gasteiger partial charge in [-0.1, -0.05) is 29.9 Å². The maximum atomic E-state index is 12.9. The van der Waals surface area contributed by atoms with Crippen LogP contribution >= 0.6 is 23.8 Å². The van der Waals surface area contributed by atoms with Crippen molar-refractivity contribution < 1.29 is 19.0 Å². The fourth-order valence-corrected chi connectivity index (χ4v) is 4.22. The lowest BCUT2D eigenvalue weighted by Crippen LogP contribution is -2.44. The number of anilines is 1. The van der Waals surface area contributed by atoms with Crippen LogP contribution in [-0.2, 0) is 16.1 Å². The van der Waals surface area contributed by atoms with Gasteiger partial charge in [-0.3, -0.25) is 9.78 Å². The Labute approximate surface area is 210 Å². The Balaban J connectivity index is 1.84. The average Bonchev–Trinajstić information content (AvgIpc) is 2.78. The van der Waals surface area contributed by atoms with E-state index in [2.05, 4.69) is 20.9 Å². The van der Waals surface area contributed by atoms with Crippen LogP contribution < -0.4 is 25.4 Å². The molecular weight excluding hydrogens is 476 g/mol. The minimum absolute atomic E-state index is 0.0443. The molecule has 2 heterocycles. The molecule has 0 bridgehead atoms. The number of carbonyl (C=O) groups is 1. The SMILES string of the molecule is COCC(C)Oc1cnccc1CNC1=C(C(=S)Nc2cccc(Cl)c2OC)C(=O)N[C@H](C)C1. The molecule has 0 fully saturated rings. The first-order valence-electron chi connectivity index (χ1n) is 10.8. The van der Waals surface area contributed by atoms with Crippen LogP contribution in [0.2, 0.25) is 5.02 Å². The highest BCUT2D eigenvalue weighted by Gasteiger charge is 2.28. The number of benzene rings is 1. The van der Waals surface area contributed by atoms with E-state index in [9.17, 15) is 4.79 Å². The molecule has 1 aromatic heterocycles. The molecule has 182 valence electrons. The van der Waals surface area contributed by atoms with Crippen LogP contribution in [0.1, 0.15) is 25.8 Å². The zero-order valence-electron chi connectivity index (χ0n) is 19.6. The minimum Gasteiger partial charge on any atom is -0.493 e. The Morgan fingerprint density at radius 1 is 1.35 bits per heavy atom. The Kier molecular flexibility index (Phi) is 9.09. The largest absolute Gasteiger partial charge is 0.493 e. The van der Waals surface area contributed by atoms with Crippen LogP contribution in [0.25, 0.3) is 0 Å². The summed E-state index contributed by atoms with van der Waals surface area (Å²) in [7, 11) is 3.16. The summed E-state index contributed by atoms with van der Waals surface area (Å²) in [6.07, 6.45) is 3.84. The molecule has 1 unspecified atom stereocenters. The number of pyridine rings is 1. The number of hydrogen-bond donors (Lipinski definition) is 3. The number of para-hydroxylation sites is 1. The number of hydrogen-bond acceptors (Lipinski definition) is 7. The van der Waals surface area contributed by atoms with Crippen molar-refractivity contribution in [1.29, 1.82) is 0 Å². The maximum absolute atomic E-state index is 12.9. The molecule has 0 spiro atoms. The van der Waals surface area contributed by atoms with Crippen molar-refractivity contribution in [2.45, 2.75) is 39.0 Å². The summed E-state index contributed by atoms with van der Waals surface area (Å²) in [6, 6.07) is 7.12. The molecule has 3 rings (SSSR count). The van der Waals surface area contributed by atoms with Crippen molar-refractivity contribution in [2.75, 3.05) is 26.1 Å². The second kappa shape index (κ2) is 12.0. The Bertz CT molecular complexity index is 1080. The number of halogens is 1. The molecular formula is C24H29ClN4O4S. The second-order valence-electron chi connectivity index (χ2n) is 7.93. The third-order valence-corrected chi connectivity index (χ3v) is 5.76. The first-order chi connectivity index (χ1) is 16.3. The van der Waals surface area contributed by atoms with Crippen LogP contribution in [0.4, 0.5) is 5.69 Å². The van der Waals surface area contributed by atoms with Gasteiger partial charge in [0, 0.05) is 43.6 Å². The summed E-state index contributed by atoms with van der Waals surface area (Å²) in [4.78, 5) is 17.4. The lowest BCUT2D eigenvalue weighted by Gasteiger charge is -2.27. The number of nitrogens with one attached hydrogen (secondary N) is 3. The lowest BCUT2D eigenvalue weighted by atomic mass is 10.0. The van der Waals surface area contributed by atoms with E-state index in [1.165, 1.54) is 7.11 Å². The van der Waals surface area contributed by atoms with E-state index in [0.29, 0.717) is 47.4 Å². The molecule has 0 saturated heterocycles. The third-order valence-electron chi connectivity index (χ3n) is 5.15. The average molecular weight is 505 g/mol. The van der Waals surface area contributed by atoms with Crippen molar-refractivity contribution in [3.05, 3.63) is 58.5 Å². The summed E-state index contributed by atoms with van der Waals surface area (Å²) in [5.41, 5.74) is 2.59. The van der Waals surface area contributed by atoms with Gasteiger partial charge in [0.25, 0.3) is 5.91 Å². The van der Waals surface area contributed by atoms with Crippen molar-refractivity contribution in [3.63, 3.8) is 0 Å². The molecule has 2 aromatic rings. The predicted molar refractivity (Wildman–Crippen MR) is 137 cm³/mol. The zero-order chi connectivity index (χ0) is 24.7. The van der Waals surface area contributed by atoms with Crippen LogP contribution in [0, 0.1) is 0 Å².